The Morgan fingerprint density at radius 1 is 0.778 bits per heavy atom. The van der Waals surface area contributed by atoms with E-state index in [0.717, 1.165) is 5.92 Å². The zero-order chi connectivity index (χ0) is 19.3. The lowest BCUT2D eigenvalue weighted by Gasteiger charge is -2.63. The Morgan fingerprint density at radius 3 is 1.85 bits per heavy atom. The lowest BCUT2D eigenvalue weighted by molar-refractivity contribution is -0.116. The minimum Gasteiger partial charge on any atom is -0.303 e. The first-order valence-corrected chi connectivity index (χ1v) is 11.9. The van der Waals surface area contributed by atoms with Gasteiger partial charge in [-0.2, -0.15) is 0 Å². The highest BCUT2D eigenvalue weighted by atomic mass is 15.3. The monoisotopic (exact) mass is 375 g/mol. The number of piperidine rings is 1. The first kappa shape index (κ1) is 20.2. The number of hydrogen-bond donors (Lipinski definition) is 0. The Kier molecular flexibility index (Phi) is 5.44. The highest BCUT2D eigenvalue weighted by Gasteiger charge is 2.55. The predicted octanol–water partition coefficient (Wildman–Crippen LogP) is 4.47. The van der Waals surface area contributed by atoms with Crippen LogP contribution in [0.3, 0.4) is 0 Å². The molecule has 4 aliphatic rings. The van der Waals surface area contributed by atoms with Crippen molar-refractivity contribution in [1.29, 1.82) is 0 Å². The molecule has 2 saturated heterocycles. The number of piperazine rings is 1. The average molecular weight is 376 g/mol. The van der Waals surface area contributed by atoms with Gasteiger partial charge in [0.15, 0.2) is 0 Å². The molecule has 0 amide bonds. The Balaban J connectivity index is 1.23. The lowest BCUT2D eigenvalue weighted by Crippen LogP contribution is -2.66. The number of hydrogen-bond acceptors (Lipinski definition) is 3. The van der Waals surface area contributed by atoms with Gasteiger partial charge in [0, 0.05) is 44.3 Å². The third-order valence-corrected chi connectivity index (χ3v) is 8.59. The van der Waals surface area contributed by atoms with Gasteiger partial charge in [-0.25, -0.2) is 0 Å². The lowest BCUT2D eigenvalue weighted by atomic mass is 9.53. The first-order valence-electron chi connectivity index (χ1n) is 11.9. The highest BCUT2D eigenvalue weighted by Crippen LogP contribution is 2.58. The van der Waals surface area contributed by atoms with Gasteiger partial charge in [0.05, 0.1) is 0 Å². The second-order valence-corrected chi connectivity index (χ2v) is 11.8. The highest BCUT2D eigenvalue weighted by molar-refractivity contribution is 5.10. The molecule has 2 aliphatic carbocycles. The van der Waals surface area contributed by atoms with Crippen molar-refractivity contribution in [3.8, 4) is 0 Å². The van der Waals surface area contributed by atoms with E-state index in [-0.39, 0.29) is 0 Å². The van der Waals surface area contributed by atoms with E-state index in [0.29, 0.717) is 22.4 Å². The number of rotatable bonds is 6. The zero-order valence-electron chi connectivity index (χ0n) is 18.9. The molecule has 3 heteroatoms. The summed E-state index contributed by atoms with van der Waals surface area (Å²) in [4.78, 5) is 8.32. The SMILES string of the molecule is CC(C)CC1(CN2CCC3(CC2)CC(C)(N2CCN(C(C)C)CC2)C3)CC1. The van der Waals surface area contributed by atoms with Crippen LogP contribution < -0.4 is 0 Å². The van der Waals surface area contributed by atoms with Crippen molar-refractivity contribution in [1.82, 2.24) is 14.7 Å². The molecular formula is C24H45N3. The maximum absolute atomic E-state index is 2.84. The van der Waals surface area contributed by atoms with E-state index in [1.54, 1.807) is 0 Å². The largest absolute Gasteiger partial charge is 0.303 e. The molecule has 0 radical (unpaired) electrons. The topological polar surface area (TPSA) is 9.72 Å². The zero-order valence-corrected chi connectivity index (χ0v) is 18.9. The van der Waals surface area contributed by atoms with E-state index in [9.17, 15) is 0 Å². The van der Waals surface area contributed by atoms with Gasteiger partial charge in [-0.1, -0.05) is 13.8 Å². The summed E-state index contributed by atoms with van der Waals surface area (Å²) in [5, 5.41) is 0. The minimum absolute atomic E-state index is 0.501. The van der Waals surface area contributed by atoms with Crippen molar-refractivity contribution in [2.45, 2.75) is 91.1 Å². The fourth-order valence-electron chi connectivity index (χ4n) is 7.05. The van der Waals surface area contributed by atoms with Crippen molar-refractivity contribution in [3.63, 3.8) is 0 Å². The van der Waals surface area contributed by atoms with Gasteiger partial charge in [0.25, 0.3) is 0 Å². The summed E-state index contributed by atoms with van der Waals surface area (Å²) in [7, 11) is 0. The van der Waals surface area contributed by atoms with E-state index in [1.807, 2.05) is 0 Å². The third-order valence-electron chi connectivity index (χ3n) is 8.59. The molecule has 2 aliphatic heterocycles. The molecule has 4 fully saturated rings. The molecule has 0 atom stereocenters. The molecule has 2 heterocycles. The predicted molar refractivity (Wildman–Crippen MR) is 115 cm³/mol. The molecule has 0 aromatic rings. The van der Waals surface area contributed by atoms with E-state index < -0.39 is 0 Å². The molecule has 4 rings (SSSR count). The quantitative estimate of drug-likeness (QED) is 0.678. The van der Waals surface area contributed by atoms with Crippen LogP contribution in [0.15, 0.2) is 0 Å². The average Bonchev–Trinajstić information content (AvgIpc) is 3.34. The normalized spacial score (nSPS) is 30.8. The van der Waals surface area contributed by atoms with Crippen molar-refractivity contribution in [2.24, 2.45) is 16.7 Å². The Morgan fingerprint density at radius 2 is 1.37 bits per heavy atom. The summed E-state index contributed by atoms with van der Waals surface area (Å²) in [6.45, 7) is 21.3. The van der Waals surface area contributed by atoms with E-state index in [2.05, 4.69) is 49.3 Å². The fraction of sp³-hybridized carbons (Fsp3) is 1.00. The van der Waals surface area contributed by atoms with Gasteiger partial charge in [0.1, 0.15) is 0 Å². The molecule has 0 N–H and O–H groups in total. The second kappa shape index (κ2) is 7.29. The van der Waals surface area contributed by atoms with Crippen molar-refractivity contribution < 1.29 is 0 Å². The smallest absolute Gasteiger partial charge is 0.0193 e. The van der Waals surface area contributed by atoms with Crippen LogP contribution >= 0.6 is 0 Å². The summed E-state index contributed by atoms with van der Waals surface area (Å²) in [6, 6.07) is 0.711. The minimum atomic E-state index is 0.501. The maximum Gasteiger partial charge on any atom is 0.0193 e. The molecule has 27 heavy (non-hydrogen) atoms. The van der Waals surface area contributed by atoms with E-state index in [1.165, 1.54) is 90.8 Å². The van der Waals surface area contributed by atoms with Crippen LogP contribution in [-0.4, -0.2) is 72.1 Å². The van der Waals surface area contributed by atoms with Crippen molar-refractivity contribution >= 4 is 0 Å². The van der Waals surface area contributed by atoms with Gasteiger partial charge in [-0.15, -0.1) is 0 Å². The summed E-state index contributed by atoms with van der Waals surface area (Å²) >= 11 is 0. The van der Waals surface area contributed by atoms with E-state index >= 15 is 0 Å². The van der Waals surface area contributed by atoms with Crippen LogP contribution in [0.5, 0.6) is 0 Å². The Labute approximate surface area is 168 Å². The molecule has 2 saturated carbocycles. The number of likely N-dealkylation sites (tertiary alicyclic amines) is 1. The summed E-state index contributed by atoms with van der Waals surface area (Å²) in [5.41, 5.74) is 1.90. The molecule has 3 nitrogen and oxygen atoms in total. The molecule has 1 spiro atoms. The summed E-state index contributed by atoms with van der Waals surface area (Å²) < 4.78 is 0. The van der Waals surface area contributed by atoms with Gasteiger partial charge in [0.2, 0.25) is 0 Å². The van der Waals surface area contributed by atoms with Crippen molar-refractivity contribution in [3.05, 3.63) is 0 Å². The van der Waals surface area contributed by atoms with Gasteiger partial charge >= 0.3 is 0 Å². The standard InChI is InChI=1S/C24H45N3/c1-20(2)16-23(6-7-23)19-25-10-8-24(9-11-25)17-22(5,18-24)27-14-12-26(13-15-27)21(3)4/h20-21H,6-19H2,1-5H3. The molecule has 0 bridgehead atoms. The van der Waals surface area contributed by atoms with Gasteiger partial charge in [-0.05, 0) is 95.6 Å². The van der Waals surface area contributed by atoms with Gasteiger partial charge < -0.3 is 4.90 Å². The Bertz CT molecular complexity index is 498. The maximum atomic E-state index is 2.84. The van der Waals surface area contributed by atoms with E-state index in [4.69, 9.17) is 0 Å². The molecule has 156 valence electrons. The van der Waals surface area contributed by atoms with Crippen LogP contribution in [0.4, 0.5) is 0 Å². The van der Waals surface area contributed by atoms with Crippen LogP contribution in [0, 0.1) is 16.7 Å². The fourth-order valence-corrected chi connectivity index (χ4v) is 7.05. The molecule has 0 aromatic heterocycles. The molecule has 0 aromatic carbocycles. The Hall–Kier alpha value is -0.120. The van der Waals surface area contributed by atoms with Crippen LogP contribution in [0.1, 0.15) is 79.6 Å². The summed E-state index contributed by atoms with van der Waals surface area (Å²) in [5.74, 6) is 0.868. The first-order chi connectivity index (χ1) is 12.7. The molecular weight excluding hydrogens is 330 g/mol. The van der Waals surface area contributed by atoms with Gasteiger partial charge in [-0.3, -0.25) is 9.80 Å². The van der Waals surface area contributed by atoms with Crippen LogP contribution in [-0.2, 0) is 0 Å². The second-order valence-electron chi connectivity index (χ2n) is 11.8. The third kappa shape index (κ3) is 4.26. The summed E-state index contributed by atoms with van der Waals surface area (Å²) in [6.07, 6.45) is 10.3. The van der Waals surface area contributed by atoms with Crippen LogP contribution in [0.25, 0.3) is 0 Å². The number of nitrogens with zero attached hydrogens (tertiary/aromatic N) is 3. The molecule has 0 unspecified atom stereocenters. The van der Waals surface area contributed by atoms with Crippen LogP contribution in [0.2, 0.25) is 0 Å². The van der Waals surface area contributed by atoms with Crippen molar-refractivity contribution in [2.75, 3.05) is 45.8 Å².